The summed E-state index contributed by atoms with van der Waals surface area (Å²) in [5.74, 6) is 0. The van der Waals surface area contributed by atoms with Crippen LogP contribution >= 0.6 is 27.5 Å². The van der Waals surface area contributed by atoms with Gasteiger partial charge in [0, 0.05) is 10.9 Å². The van der Waals surface area contributed by atoms with E-state index in [-0.39, 0.29) is 5.43 Å². The molecule has 18 heavy (non-hydrogen) atoms. The Morgan fingerprint density at radius 2 is 1.72 bits per heavy atom. The molecular weight excluding hydrogens is 316 g/mol. The Bertz CT molecular complexity index is 808. The van der Waals surface area contributed by atoms with Crippen LogP contribution in [0.4, 0.5) is 0 Å². The fraction of sp³-hybridized carbons (Fsp3) is 0.0714. The van der Waals surface area contributed by atoms with Crippen LogP contribution in [0.25, 0.3) is 21.9 Å². The third kappa shape index (κ3) is 1.66. The molecular formula is C14H8BrClO2. The van der Waals surface area contributed by atoms with Crippen LogP contribution in [-0.4, -0.2) is 0 Å². The van der Waals surface area contributed by atoms with Crippen LogP contribution in [0.3, 0.4) is 0 Å². The Morgan fingerprint density at radius 3 is 2.44 bits per heavy atom. The summed E-state index contributed by atoms with van der Waals surface area (Å²) >= 11 is 9.47. The summed E-state index contributed by atoms with van der Waals surface area (Å²) in [6, 6.07) is 10.7. The Kier molecular flexibility index (Phi) is 2.88. The molecule has 1 heterocycles. The molecule has 3 rings (SSSR count). The summed E-state index contributed by atoms with van der Waals surface area (Å²) in [4.78, 5) is 12.4. The minimum Gasteiger partial charge on any atom is -0.454 e. The van der Waals surface area contributed by atoms with Gasteiger partial charge in [0.25, 0.3) is 0 Å². The van der Waals surface area contributed by atoms with Crippen molar-refractivity contribution in [2.45, 2.75) is 5.33 Å². The zero-order valence-corrected chi connectivity index (χ0v) is 11.6. The van der Waals surface area contributed by atoms with Crippen LogP contribution in [0, 0.1) is 0 Å². The van der Waals surface area contributed by atoms with Crippen LogP contribution < -0.4 is 5.43 Å². The second-order valence-corrected chi connectivity index (χ2v) is 4.94. The summed E-state index contributed by atoms with van der Waals surface area (Å²) in [7, 11) is 0. The fourth-order valence-electron chi connectivity index (χ4n) is 2.03. The van der Waals surface area contributed by atoms with E-state index in [9.17, 15) is 4.79 Å². The maximum absolute atomic E-state index is 12.4. The molecule has 0 saturated carbocycles. The van der Waals surface area contributed by atoms with E-state index >= 15 is 0 Å². The molecule has 0 fully saturated rings. The van der Waals surface area contributed by atoms with E-state index in [1.807, 2.05) is 12.1 Å². The molecule has 0 aliphatic rings. The summed E-state index contributed by atoms with van der Waals surface area (Å²) in [6.07, 6.45) is 0. The summed E-state index contributed by atoms with van der Waals surface area (Å²) in [6.45, 7) is 0. The first kappa shape index (κ1) is 11.8. The zero-order valence-electron chi connectivity index (χ0n) is 9.24. The van der Waals surface area contributed by atoms with Gasteiger partial charge in [0.15, 0.2) is 5.58 Å². The molecule has 0 bridgehead atoms. The molecule has 0 aliphatic carbocycles. The van der Waals surface area contributed by atoms with Crippen LogP contribution in [0.15, 0.2) is 45.6 Å². The third-order valence-electron chi connectivity index (χ3n) is 2.90. The highest BCUT2D eigenvalue weighted by Gasteiger charge is 2.11. The van der Waals surface area contributed by atoms with E-state index in [0.29, 0.717) is 32.3 Å². The van der Waals surface area contributed by atoms with Gasteiger partial charge in [0.05, 0.1) is 15.8 Å². The number of fused-ring (bicyclic) bond motifs is 2. The highest BCUT2D eigenvalue weighted by molar-refractivity contribution is 9.08. The van der Waals surface area contributed by atoms with Gasteiger partial charge in [-0.25, -0.2) is 0 Å². The van der Waals surface area contributed by atoms with Crippen molar-refractivity contribution in [3.8, 4) is 0 Å². The van der Waals surface area contributed by atoms with Gasteiger partial charge in [-0.2, -0.15) is 0 Å². The van der Waals surface area contributed by atoms with Crippen LogP contribution in [-0.2, 0) is 5.33 Å². The van der Waals surface area contributed by atoms with Crippen LogP contribution in [0.2, 0.25) is 5.02 Å². The molecule has 0 atom stereocenters. The second-order valence-electron chi connectivity index (χ2n) is 3.98. The molecule has 0 unspecified atom stereocenters. The van der Waals surface area contributed by atoms with Gasteiger partial charge in [-0.1, -0.05) is 45.7 Å². The molecule has 3 aromatic rings. The predicted molar refractivity (Wildman–Crippen MR) is 77.6 cm³/mol. The molecule has 0 saturated heterocycles. The minimum atomic E-state index is -0.0449. The molecule has 90 valence electrons. The van der Waals surface area contributed by atoms with E-state index in [2.05, 4.69) is 15.9 Å². The van der Waals surface area contributed by atoms with Crippen molar-refractivity contribution < 1.29 is 4.42 Å². The molecule has 0 N–H and O–H groups in total. The molecule has 4 heteroatoms. The van der Waals surface area contributed by atoms with Crippen LogP contribution in [0.1, 0.15) is 5.56 Å². The van der Waals surface area contributed by atoms with E-state index < -0.39 is 0 Å². The Balaban J connectivity index is 2.61. The van der Waals surface area contributed by atoms with E-state index in [4.69, 9.17) is 16.0 Å². The number of rotatable bonds is 1. The van der Waals surface area contributed by atoms with Gasteiger partial charge >= 0.3 is 0 Å². The molecule has 2 nitrogen and oxygen atoms in total. The number of hydrogen-bond acceptors (Lipinski definition) is 2. The molecule has 0 radical (unpaired) electrons. The number of benzene rings is 2. The number of hydrogen-bond donors (Lipinski definition) is 0. The number of alkyl halides is 1. The topological polar surface area (TPSA) is 30.2 Å². The Hall–Kier alpha value is -1.32. The lowest BCUT2D eigenvalue weighted by Gasteiger charge is -2.05. The van der Waals surface area contributed by atoms with Gasteiger partial charge < -0.3 is 4.42 Å². The van der Waals surface area contributed by atoms with E-state index in [1.165, 1.54) is 0 Å². The van der Waals surface area contributed by atoms with Crippen molar-refractivity contribution >= 4 is 49.5 Å². The Morgan fingerprint density at radius 1 is 1.06 bits per heavy atom. The standard InChI is InChI=1S/C14H8BrClO2/c15-7-8-3-1-4-9-12(17)10-5-2-6-11(16)14(10)18-13(8)9/h1-6H,7H2. The van der Waals surface area contributed by atoms with Crippen molar-refractivity contribution in [1.82, 2.24) is 0 Å². The maximum Gasteiger partial charge on any atom is 0.200 e. The van der Waals surface area contributed by atoms with Crippen molar-refractivity contribution in [2.24, 2.45) is 0 Å². The summed E-state index contributed by atoms with van der Waals surface area (Å²) < 4.78 is 5.82. The molecule has 0 amide bonds. The molecule has 0 aliphatic heterocycles. The number of halogens is 2. The van der Waals surface area contributed by atoms with Crippen LogP contribution in [0.5, 0.6) is 0 Å². The predicted octanol–water partition coefficient (Wildman–Crippen LogP) is 4.49. The van der Waals surface area contributed by atoms with Crippen molar-refractivity contribution in [3.05, 3.63) is 57.2 Å². The smallest absolute Gasteiger partial charge is 0.200 e. The van der Waals surface area contributed by atoms with Gasteiger partial charge in [-0.15, -0.1) is 0 Å². The lowest BCUT2D eigenvalue weighted by atomic mass is 10.1. The maximum atomic E-state index is 12.4. The van der Waals surface area contributed by atoms with Crippen molar-refractivity contribution in [1.29, 1.82) is 0 Å². The average Bonchev–Trinajstić information content (AvgIpc) is 2.40. The first-order valence-corrected chi connectivity index (χ1v) is 6.91. The first-order valence-electron chi connectivity index (χ1n) is 5.41. The largest absolute Gasteiger partial charge is 0.454 e. The molecule has 1 aromatic heterocycles. The van der Waals surface area contributed by atoms with Gasteiger partial charge in [-0.3, -0.25) is 4.79 Å². The molecule has 0 spiro atoms. The Labute approximate surface area is 116 Å². The first-order chi connectivity index (χ1) is 8.72. The van der Waals surface area contributed by atoms with E-state index in [1.54, 1.807) is 24.3 Å². The third-order valence-corrected chi connectivity index (χ3v) is 3.80. The monoisotopic (exact) mass is 322 g/mol. The lowest BCUT2D eigenvalue weighted by molar-refractivity contribution is 0.656. The SMILES string of the molecule is O=c1c2cccc(Cl)c2oc2c(CBr)cccc12. The van der Waals surface area contributed by atoms with Crippen molar-refractivity contribution in [3.63, 3.8) is 0 Å². The lowest BCUT2D eigenvalue weighted by Crippen LogP contribution is -2.03. The normalized spacial score (nSPS) is 11.2. The van der Waals surface area contributed by atoms with Gasteiger partial charge in [0.2, 0.25) is 5.43 Å². The zero-order chi connectivity index (χ0) is 12.7. The quantitative estimate of drug-likeness (QED) is 0.488. The highest BCUT2D eigenvalue weighted by atomic mass is 79.9. The second kappa shape index (κ2) is 4.41. The van der Waals surface area contributed by atoms with Crippen molar-refractivity contribution in [2.75, 3.05) is 0 Å². The van der Waals surface area contributed by atoms with E-state index in [0.717, 1.165) is 5.56 Å². The average molecular weight is 324 g/mol. The fourth-order valence-corrected chi connectivity index (χ4v) is 2.68. The number of para-hydroxylation sites is 2. The van der Waals surface area contributed by atoms with Gasteiger partial charge in [0.1, 0.15) is 5.58 Å². The molecule has 2 aromatic carbocycles. The highest BCUT2D eigenvalue weighted by Crippen LogP contribution is 2.27. The minimum absolute atomic E-state index is 0.0449. The summed E-state index contributed by atoms with van der Waals surface area (Å²) in [5.41, 5.74) is 1.94. The van der Waals surface area contributed by atoms with Gasteiger partial charge in [-0.05, 0) is 18.2 Å². The summed E-state index contributed by atoms with van der Waals surface area (Å²) in [5, 5.41) is 2.18.